The summed E-state index contributed by atoms with van der Waals surface area (Å²) in [4.78, 5) is 73.2. The number of unbranched alkanes of at least 4 members (excludes halogenated alkanes) is 50. The molecule has 0 aromatic rings. The lowest BCUT2D eigenvalue weighted by Crippen LogP contribution is -2.30. The van der Waals surface area contributed by atoms with Crippen LogP contribution in [0, 0.1) is 11.8 Å². The number of aliphatic hydroxyl groups is 1. The van der Waals surface area contributed by atoms with Crippen LogP contribution in [0.3, 0.4) is 0 Å². The first-order chi connectivity index (χ1) is 51.4. The zero-order chi connectivity index (χ0) is 77.8. The molecule has 17 nitrogen and oxygen atoms in total. The van der Waals surface area contributed by atoms with Crippen LogP contribution in [-0.2, 0) is 65.4 Å². The van der Waals surface area contributed by atoms with Gasteiger partial charge in [0.25, 0.3) is 0 Å². The molecule has 3 unspecified atom stereocenters. The maximum atomic E-state index is 13.2. The molecule has 3 N–H and O–H groups in total. The summed E-state index contributed by atoms with van der Waals surface area (Å²) in [7, 11) is -9.94. The number of phosphoric ester groups is 2. The number of hydrogen-bond donors (Lipinski definition) is 3. The number of allylic oxidation sites excluding steroid dienone is 4. The van der Waals surface area contributed by atoms with Crippen LogP contribution >= 0.6 is 15.6 Å². The maximum absolute atomic E-state index is 13.2. The van der Waals surface area contributed by atoms with E-state index in [4.69, 9.17) is 37.0 Å². The Balaban J connectivity index is 5.25. The van der Waals surface area contributed by atoms with Crippen LogP contribution in [0.15, 0.2) is 24.3 Å². The van der Waals surface area contributed by atoms with E-state index in [9.17, 15) is 43.2 Å². The Morgan fingerprint density at radius 1 is 0.311 bits per heavy atom. The molecule has 0 saturated heterocycles. The molecule has 6 atom stereocenters. The minimum absolute atomic E-state index is 0.0844. The number of esters is 4. The van der Waals surface area contributed by atoms with Crippen molar-refractivity contribution in [1.29, 1.82) is 0 Å². The van der Waals surface area contributed by atoms with Gasteiger partial charge in [-0.2, -0.15) is 0 Å². The molecule has 0 aromatic heterocycles. The van der Waals surface area contributed by atoms with E-state index in [-0.39, 0.29) is 25.7 Å². The number of hydrogen-bond acceptors (Lipinski definition) is 15. The van der Waals surface area contributed by atoms with E-state index in [1.165, 1.54) is 238 Å². The van der Waals surface area contributed by atoms with Crippen LogP contribution in [0.25, 0.3) is 0 Å². The molecule has 0 amide bonds. The van der Waals surface area contributed by atoms with Gasteiger partial charge in [0.2, 0.25) is 0 Å². The van der Waals surface area contributed by atoms with Crippen LogP contribution in [0.4, 0.5) is 0 Å². The van der Waals surface area contributed by atoms with Crippen LogP contribution < -0.4 is 0 Å². The summed E-state index contributed by atoms with van der Waals surface area (Å²) in [6, 6.07) is 0. The van der Waals surface area contributed by atoms with Gasteiger partial charge in [-0.25, -0.2) is 9.13 Å². The van der Waals surface area contributed by atoms with Gasteiger partial charge in [0.05, 0.1) is 26.4 Å². The molecular formula is C87H166O17P2. The molecule has 0 aliphatic rings. The van der Waals surface area contributed by atoms with Gasteiger partial charge in [0.1, 0.15) is 19.3 Å². The van der Waals surface area contributed by atoms with Crippen molar-refractivity contribution < 1.29 is 80.2 Å². The fourth-order valence-electron chi connectivity index (χ4n) is 13.0. The molecule has 0 saturated carbocycles. The summed E-state index contributed by atoms with van der Waals surface area (Å²) in [6.07, 6.45) is 73.2. The van der Waals surface area contributed by atoms with Crippen molar-refractivity contribution in [3.63, 3.8) is 0 Å². The Kier molecular flexibility index (Phi) is 76.0. The van der Waals surface area contributed by atoms with Gasteiger partial charge < -0.3 is 33.8 Å². The highest BCUT2D eigenvalue weighted by Crippen LogP contribution is 2.45. The molecule has 0 aliphatic carbocycles. The zero-order valence-electron chi connectivity index (χ0n) is 69.2. The number of rotatable bonds is 84. The van der Waals surface area contributed by atoms with Gasteiger partial charge in [-0.1, -0.05) is 387 Å². The van der Waals surface area contributed by atoms with Crippen molar-refractivity contribution in [3.05, 3.63) is 24.3 Å². The average Bonchev–Trinajstić information content (AvgIpc) is 0.909. The Morgan fingerprint density at radius 3 is 0.849 bits per heavy atom. The lowest BCUT2D eigenvalue weighted by molar-refractivity contribution is -0.161. The summed E-state index contributed by atoms with van der Waals surface area (Å²) in [5, 5.41) is 10.7. The number of phosphoric acid groups is 2. The molecule has 0 fully saturated rings. The highest BCUT2D eigenvalue weighted by Gasteiger charge is 2.30. The standard InChI is InChI=1S/C87H166O17P2/c1-7-10-12-14-16-18-20-22-24-25-26-27-31-35-38-42-46-50-57-63-69-84(89)97-75-82(103-86(91)71-66-60-52-48-44-40-36-32-29-28-30-34-37-41-45-49-55-61-67-79(4)5)77-101-105(93,94)99-73-81(88)74-100-106(95,96)102-78-83(76-98-85(90)70-64-58-54-53-56-62-68-80(6)9-3)104-87(92)72-65-59-51-47-43-39-33-23-21-19-17-15-13-11-8-2/h19,21,23,33,79-83,88H,7-18,20,22,24-32,34-78H2,1-6H3,(H,93,94)(H,95,96)/b21-19-,33-23-/t80?,81-,82-,83-/m1/s1. The third-order valence-corrected chi connectivity index (χ3v) is 22.1. The maximum Gasteiger partial charge on any atom is 0.472 e. The number of carbonyl (C=O) groups excluding carboxylic acids is 4. The van der Waals surface area contributed by atoms with Crippen molar-refractivity contribution in [1.82, 2.24) is 0 Å². The van der Waals surface area contributed by atoms with Crippen molar-refractivity contribution in [2.45, 2.75) is 458 Å². The van der Waals surface area contributed by atoms with Crippen LogP contribution in [0.5, 0.6) is 0 Å². The van der Waals surface area contributed by atoms with E-state index in [2.05, 4.69) is 65.8 Å². The summed E-state index contributed by atoms with van der Waals surface area (Å²) >= 11 is 0. The van der Waals surface area contributed by atoms with Gasteiger partial charge in [-0.15, -0.1) is 0 Å². The van der Waals surface area contributed by atoms with E-state index in [1.807, 2.05) is 0 Å². The van der Waals surface area contributed by atoms with Gasteiger partial charge in [-0.05, 0) is 63.2 Å². The third-order valence-electron chi connectivity index (χ3n) is 20.2. The molecule has 626 valence electrons. The molecule has 0 rings (SSSR count). The van der Waals surface area contributed by atoms with Crippen molar-refractivity contribution >= 4 is 39.5 Å². The van der Waals surface area contributed by atoms with E-state index in [0.717, 1.165) is 121 Å². The fourth-order valence-corrected chi connectivity index (χ4v) is 14.6. The molecule has 0 aromatic carbocycles. The number of ether oxygens (including phenoxy) is 4. The average molecular weight is 1550 g/mol. The van der Waals surface area contributed by atoms with Crippen LogP contribution in [-0.4, -0.2) is 96.7 Å². The second-order valence-corrected chi connectivity index (χ2v) is 34.2. The smallest absolute Gasteiger partial charge is 0.462 e. The predicted molar refractivity (Wildman–Crippen MR) is 437 cm³/mol. The number of carbonyl (C=O) groups is 4. The topological polar surface area (TPSA) is 237 Å². The van der Waals surface area contributed by atoms with Gasteiger partial charge >= 0.3 is 39.5 Å². The molecule has 0 spiro atoms. The SMILES string of the molecule is CCCCCC/C=C\C=C/CCCCCCCC(=O)O[C@H](COC(=O)CCCCCCCCC(C)CC)COP(=O)(O)OC[C@H](O)COP(=O)(O)OC[C@@H](COC(=O)CCCCCCCCCCCCCCCCCCCCCC)OC(=O)CCCCCCCCCCCCCCCCCCCCC(C)C. The Morgan fingerprint density at radius 2 is 0.557 bits per heavy atom. The van der Waals surface area contributed by atoms with Gasteiger partial charge in [0, 0.05) is 25.7 Å². The molecule has 19 heteroatoms. The van der Waals surface area contributed by atoms with Gasteiger partial charge in [-0.3, -0.25) is 37.3 Å². The second-order valence-electron chi connectivity index (χ2n) is 31.3. The van der Waals surface area contributed by atoms with Crippen LogP contribution in [0.2, 0.25) is 0 Å². The van der Waals surface area contributed by atoms with E-state index < -0.39 is 97.5 Å². The predicted octanol–water partition coefficient (Wildman–Crippen LogP) is 26.2. The quantitative estimate of drug-likeness (QED) is 0.0169. The minimum Gasteiger partial charge on any atom is -0.462 e. The third kappa shape index (κ3) is 78.2. The van der Waals surface area contributed by atoms with Crippen LogP contribution in [0.1, 0.15) is 440 Å². The Hall–Kier alpha value is -2.46. The zero-order valence-corrected chi connectivity index (χ0v) is 71.0. The molecular weight excluding hydrogens is 1380 g/mol. The summed E-state index contributed by atoms with van der Waals surface area (Å²) in [5.74, 6) is -0.588. The molecule has 0 heterocycles. The fraction of sp³-hybridized carbons (Fsp3) is 0.908. The highest BCUT2D eigenvalue weighted by molar-refractivity contribution is 7.47. The van der Waals surface area contributed by atoms with E-state index in [0.29, 0.717) is 25.7 Å². The Bertz CT molecular complexity index is 2130. The molecule has 0 aliphatic heterocycles. The van der Waals surface area contributed by atoms with Crippen molar-refractivity contribution in [2.75, 3.05) is 39.6 Å². The normalized spacial score (nSPS) is 14.2. The van der Waals surface area contributed by atoms with Gasteiger partial charge in [0.15, 0.2) is 12.2 Å². The summed E-state index contributed by atoms with van der Waals surface area (Å²) in [5.41, 5.74) is 0. The first-order valence-electron chi connectivity index (χ1n) is 44.3. The number of aliphatic hydroxyl groups excluding tert-OH is 1. The lowest BCUT2D eigenvalue weighted by Gasteiger charge is -2.21. The summed E-state index contributed by atoms with van der Waals surface area (Å²) < 4.78 is 68.8. The first kappa shape index (κ1) is 104. The van der Waals surface area contributed by atoms with Crippen molar-refractivity contribution in [3.8, 4) is 0 Å². The molecule has 0 bridgehead atoms. The van der Waals surface area contributed by atoms with E-state index in [1.54, 1.807) is 0 Å². The lowest BCUT2D eigenvalue weighted by atomic mass is 10.00. The Labute approximate surface area is 650 Å². The second kappa shape index (κ2) is 77.8. The summed E-state index contributed by atoms with van der Waals surface area (Å²) in [6.45, 7) is 9.59. The van der Waals surface area contributed by atoms with Crippen molar-refractivity contribution in [2.24, 2.45) is 11.8 Å². The largest absolute Gasteiger partial charge is 0.472 e. The minimum atomic E-state index is -4.97. The molecule has 0 radical (unpaired) electrons. The monoisotopic (exact) mass is 1550 g/mol. The van der Waals surface area contributed by atoms with E-state index >= 15 is 0 Å². The molecule has 106 heavy (non-hydrogen) atoms. The first-order valence-corrected chi connectivity index (χ1v) is 47.3. The highest BCUT2D eigenvalue weighted by atomic mass is 31.2.